The normalized spacial score (nSPS) is 22.3. The number of nitrogens with two attached hydrogens (primary N) is 1. The van der Waals surface area contributed by atoms with Gasteiger partial charge in [0.1, 0.15) is 5.82 Å². The van der Waals surface area contributed by atoms with Crippen molar-refractivity contribution in [3.05, 3.63) is 29.6 Å². The van der Waals surface area contributed by atoms with Crippen LogP contribution in [0.1, 0.15) is 56.8 Å². The van der Waals surface area contributed by atoms with Crippen molar-refractivity contribution in [2.24, 2.45) is 18.2 Å². The van der Waals surface area contributed by atoms with Crippen molar-refractivity contribution >= 4 is 11.0 Å². The molecule has 1 fully saturated rings. The van der Waals surface area contributed by atoms with Gasteiger partial charge in [0.2, 0.25) is 0 Å². The van der Waals surface area contributed by atoms with Crippen molar-refractivity contribution in [3.63, 3.8) is 0 Å². The highest BCUT2D eigenvalue weighted by atomic mass is 15.1. The SMILES string of the molecule is Cn1c(C2CCCCC2(C)C)nc2ccc(CN)cc21. The Morgan fingerprint density at radius 2 is 2.15 bits per heavy atom. The third-order valence-corrected chi connectivity index (χ3v) is 5.03. The van der Waals surface area contributed by atoms with Crippen molar-refractivity contribution in [1.82, 2.24) is 9.55 Å². The van der Waals surface area contributed by atoms with Crippen LogP contribution in [0.3, 0.4) is 0 Å². The highest BCUT2D eigenvalue weighted by Gasteiger charge is 2.36. The Kier molecular flexibility index (Phi) is 3.33. The summed E-state index contributed by atoms with van der Waals surface area (Å²) in [7, 11) is 2.15. The van der Waals surface area contributed by atoms with Crippen LogP contribution >= 0.6 is 0 Å². The van der Waals surface area contributed by atoms with Crippen LogP contribution in [0.4, 0.5) is 0 Å². The van der Waals surface area contributed by atoms with Crippen LogP contribution in [-0.2, 0) is 13.6 Å². The van der Waals surface area contributed by atoms with E-state index >= 15 is 0 Å². The topological polar surface area (TPSA) is 43.8 Å². The molecule has 0 spiro atoms. The maximum atomic E-state index is 5.75. The standard InChI is InChI=1S/C17H25N3/c1-17(2)9-5-4-6-13(17)16-19-14-8-7-12(11-18)10-15(14)20(16)3/h7-8,10,13H,4-6,9,11,18H2,1-3H3. The van der Waals surface area contributed by atoms with E-state index in [0.29, 0.717) is 17.9 Å². The Bertz CT molecular complexity index is 624. The molecule has 3 rings (SSSR count). The first kappa shape index (κ1) is 13.6. The predicted molar refractivity (Wildman–Crippen MR) is 83.6 cm³/mol. The molecule has 1 unspecified atom stereocenters. The molecule has 1 aliphatic carbocycles. The van der Waals surface area contributed by atoms with E-state index in [1.165, 1.54) is 42.6 Å². The van der Waals surface area contributed by atoms with Crippen LogP contribution in [0.25, 0.3) is 11.0 Å². The molecule has 3 nitrogen and oxygen atoms in total. The molecule has 2 N–H and O–H groups in total. The fourth-order valence-corrected chi connectivity index (χ4v) is 3.67. The number of hydrogen-bond donors (Lipinski definition) is 1. The van der Waals surface area contributed by atoms with Crippen LogP contribution in [0.15, 0.2) is 18.2 Å². The molecule has 1 atom stereocenters. The Morgan fingerprint density at radius 1 is 1.35 bits per heavy atom. The number of nitrogens with zero attached hydrogens (tertiary/aromatic N) is 2. The quantitative estimate of drug-likeness (QED) is 0.904. The van der Waals surface area contributed by atoms with Crippen molar-refractivity contribution in [2.45, 2.75) is 52.0 Å². The van der Waals surface area contributed by atoms with Gasteiger partial charge in [-0.05, 0) is 36.0 Å². The smallest absolute Gasteiger partial charge is 0.113 e. The van der Waals surface area contributed by atoms with Crippen molar-refractivity contribution in [3.8, 4) is 0 Å². The summed E-state index contributed by atoms with van der Waals surface area (Å²) in [5.41, 5.74) is 9.59. The number of aromatic nitrogens is 2. The van der Waals surface area contributed by atoms with Gasteiger partial charge in [-0.15, -0.1) is 0 Å². The first-order chi connectivity index (χ1) is 9.53. The molecule has 3 heteroatoms. The summed E-state index contributed by atoms with van der Waals surface area (Å²) in [6.45, 7) is 5.37. The van der Waals surface area contributed by atoms with E-state index in [-0.39, 0.29) is 0 Å². The Morgan fingerprint density at radius 3 is 2.85 bits per heavy atom. The van der Waals surface area contributed by atoms with Crippen LogP contribution in [0, 0.1) is 5.41 Å². The molecule has 1 heterocycles. The maximum absolute atomic E-state index is 5.75. The molecular weight excluding hydrogens is 246 g/mol. The molecule has 0 amide bonds. The molecule has 0 aliphatic heterocycles. The third kappa shape index (κ3) is 2.14. The van der Waals surface area contributed by atoms with Gasteiger partial charge in [0.15, 0.2) is 0 Å². The minimum Gasteiger partial charge on any atom is -0.331 e. The molecule has 0 radical (unpaired) electrons. The average Bonchev–Trinajstić information content (AvgIpc) is 2.75. The number of aryl methyl sites for hydroxylation is 1. The van der Waals surface area contributed by atoms with Crippen LogP contribution in [0.2, 0.25) is 0 Å². The molecule has 0 saturated heterocycles. The number of benzene rings is 1. The Balaban J connectivity index is 2.09. The summed E-state index contributed by atoms with van der Waals surface area (Å²) in [5.74, 6) is 1.81. The van der Waals surface area contributed by atoms with Gasteiger partial charge in [0.25, 0.3) is 0 Å². The molecule has 1 aromatic carbocycles. The van der Waals surface area contributed by atoms with E-state index in [4.69, 9.17) is 10.7 Å². The van der Waals surface area contributed by atoms with Gasteiger partial charge >= 0.3 is 0 Å². The predicted octanol–water partition coefficient (Wildman–Crippen LogP) is 3.72. The van der Waals surface area contributed by atoms with E-state index < -0.39 is 0 Å². The van der Waals surface area contributed by atoms with Crippen molar-refractivity contribution in [2.75, 3.05) is 0 Å². The molecule has 1 aliphatic rings. The Labute approximate surface area is 121 Å². The van der Waals surface area contributed by atoms with Gasteiger partial charge in [-0.3, -0.25) is 0 Å². The molecule has 20 heavy (non-hydrogen) atoms. The Hall–Kier alpha value is -1.35. The second kappa shape index (κ2) is 4.88. The van der Waals surface area contributed by atoms with Gasteiger partial charge in [0.05, 0.1) is 11.0 Å². The number of rotatable bonds is 2. The third-order valence-electron chi connectivity index (χ3n) is 5.03. The molecule has 0 bridgehead atoms. The number of fused-ring (bicyclic) bond motifs is 1. The maximum Gasteiger partial charge on any atom is 0.113 e. The summed E-state index contributed by atoms with van der Waals surface area (Å²) in [5, 5.41) is 0. The summed E-state index contributed by atoms with van der Waals surface area (Å²) < 4.78 is 2.28. The zero-order valence-electron chi connectivity index (χ0n) is 12.8. The second-order valence-electron chi connectivity index (χ2n) is 6.84. The lowest BCUT2D eigenvalue weighted by molar-refractivity contribution is 0.190. The van der Waals surface area contributed by atoms with E-state index in [0.717, 1.165) is 5.52 Å². The molecular formula is C17H25N3. The molecule has 1 aromatic heterocycles. The number of hydrogen-bond acceptors (Lipinski definition) is 2. The van der Waals surface area contributed by atoms with E-state index in [1.54, 1.807) is 0 Å². The number of imidazole rings is 1. The first-order valence-corrected chi connectivity index (χ1v) is 7.68. The second-order valence-corrected chi connectivity index (χ2v) is 6.84. The fourth-order valence-electron chi connectivity index (χ4n) is 3.67. The summed E-state index contributed by atoms with van der Waals surface area (Å²) in [4.78, 5) is 4.93. The van der Waals surface area contributed by atoms with Crippen molar-refractivity contribution in [1.29, 1.82) is 0 Å². The zero-order chi connectivity index (χ0) is 14.3. The first-order valence-electron chi connectivity index (χ1n) is 7.68. The summed E-state index contributed by atoms with van der Waals surface area (Å²) in [6, 6.07) is 6.38. The van der Waals surface area contributed by atoms with E-state index in [1.807, 2.05) is 0 Å². The van der Waals surface area contributed by atoms with Crippen molar-refractivity contribution < 1.29 is 0 Å². The molecule has 2 aromatic rings. The summed E-state index contributed by atoms with van der Waals surface area (Å²) >= 11 is 0. The highest BCUT2D eigenvalue weighted by Crippen LogP contribution is 2.46. The molecule has 108 valence electrons. The zero-order valence-corrected chi connectivity index (χ0v) is 12.8. The van der Waals surface area contributed by atoms with Crippen LogP contribution < -0.4 is 5.73 Å². The lowest BCUT2D eigenvalue weighted by atomic mass is 9.68. The minimum atomic E-state index is 0.351. The highest BCUT2D eigenvalue weighted by molar-refractivity contribution is 5.77. The van der Waals surface area contributed by atoms with E-state index in [2.05, 4.69) is 43.7 Å². The largest absolute Gasteiger partial charge is 0.331 e. The lowest BCUT2D eigenvalue weighted by Gasteiger charge is -2.38. The van der Waals surface area contributed by atoms with Gasteiger partial charge in [0, 0.05) is 19.5 Å². The minimum absolute atomic E-state index is 0.351. The lowest BCUT2D eigenvalue weighted by Crippen LogP contribution is -2.28. The summed E-state index contributed by atoms with van der Waals surface area (Å²) in [6.07, 6.45) is 5.24. The van der Waals surface area contributed by atoms with Crippen LogP contribution in [-0.4, -0.2) is 9.55 Å². The van der Waals surface area contributed by atoms with Gasteiger partial charge < -0.3 is 10.3 Å². The van der Waals surface area contributed by atoms with Crippen LogP contribution in [0.5, 0.6) is 0 Å². The van der Waals surface area contributed by atoms with E-state index in [9.17, 15) is 0 Å². The average molecular weight is 271 g/mol. The van der Waals surface area contributed by atoms with Gasteiger partial charge in [-0.1, -0.05) is 32.8 Å². The monoisotopic (exact) mass is 271 g/mol. The molecule has 1 saturated carbocycles. The van der Waals surface area contributed by atoms with Gasteiger partial charge in [-0.2, -0.15) is 0 Å². The fraction of sp³-hybridized carbons (Fsp3) is 0.588. The van der Waals surface area contributed by atoms with Gasteiger partial charge in [-0.25, -0.2) is 4.98 Å².